The van der Waals surface area contributed by atoms with Crippen molar-refractivity contribution in [3.8, 4) is 0 Å². The second-order valence-corrected chi connectivity index (χ2v) is 6.07. The number of aryl methyl sites for hydroxylation is 2. The number of rotatable bonds is 7. The molecule has 0 aromatic carbocycles. The molecule has 4 heteroatoms. The van der Waals surface area contributed by atoms with Crippen LogP contribution in [-0.2, 0) is 6.42 Å². The maximum absolute atomic E-state index is 4.48. The molecule has 17 heavy (non-hydrogen) atoms. The SMILES string of the molecule is CCCc1cnc(C)nc1NCCSC(C)C. The summed E-state index contributed by atoms with van der Waals surface area (Å²) >= 11 is 1.97. The quantitative estimate of drug-likeness (QED) is 0.757. The highest BCUT2D eigenvalue weighted by molar-refractivity contribution is 7.99. The van der Waals surface area contributed by atoms with Gasteiger partial charge in [0.05, 0.1) is 0 Å². The molecule has 0 unspecified atom stereocenters. The maximum Gasteiger partial charge on any atom is 0.132 e. The van der Waals surface area contributed by atoms with Gasteiger partial charge in [-0.3, -0.25) is 0 Å². The Balaban J connectivity index is 2.52. The number of nitrogens with one attached hydrogen (secondary N) is 1. The first kappa shape index (κ1) is 14.3. The minimum Gasteiger partial charge on any atom is -0.369 e. The molecule has 1 aromatic heterocycles. The zero-order valence-corrected chi connectivity index (χ0v) is 12.1. The van der Waals surface area contributed by atoms with E-state index in [1.165, 1.54) is 5.56 Å². The molecule has 0 radical (unpaired) electrons. The van der Waals surface area contributed by atoms with Crippen LogP contribution in [0.25, 0.3) is 0 Å². The lowest BCUT2D eigenvalue weighted by Gasteiger charge is -2.11. The smallest absolute Gasteiger partial charge is 0.132 e. The van der Waals surface area contributed by atoms with E-state index >= 15 is 0 Å². The van der Waals surface area contributed by atoms with Crippen molar-refractivity contribution in [1.29, 1.82) is 0 Å². The van der Waals surface area contributed by atoms with Crippen molar-refractivity contribution >= 4 is 17.6 Å². The lowest BCUT2D eigenvalue weighted by atomic mass is 10.2. The number of nitrogens with zero attached hydrogens (tertiary/aromatic N) is 2. The fourth-order valence-corrected chi connectivity index (χ4v) is 2.26. The average Bonchev–Trinajstić information content (AvgIpc) is 2.28. The molecule has 0 spiro atoms. The minimum absolute atomic E-state index is 0.694. The highest BCUT2D eigenvalue weighted by atomic mass is 32.2. The molecule has 0 bridgehead atoms. The third-order valence-electron chi connectivity index (χ3n) is 2.35. The summed E-state index contributed by atoms with van der Waals surface area (Å²) in [6.45, 7) is 9.53. The Morgan fingerprint density at radius 3 is 2.82 bits per heavy atom. The van der Waals surface area contributed by atoms with Crippen LogP contribution in [0.3, 0.4) is 0 Å². The topological polar surface area (TPSA) is 37.8 Å². The standard InChI is InChI=1S/C13H23N3S/c1-5-6-12-9-15-11(4)16-13(12)14-7-8-17-10(2)3/h9-10H,5-8H2,1-4H3,(H,14,15,16). The highest BCUT2D eigenvalue weighted by Crippen LogP contribution is 2.14. The normalized spacial score (nSPS) is 10.9. The van der Waals surface area contributed by atoms with E-state index in [0.29, 0.717) is 5.25 Å². The molecule has 0 aliphatic rings. The predicted molar refractivity (Wildman–Crippen MR) is 76.8 cm³/mol. The molecule has 0 saturated heterocycles. The third-order valence-corrected chi connectivity index (χ3v) is 3.46. The number of aromatic nitrogens is 2. The molecular formula is C13H23N3S. The average molecular weight is 253 g/mol. The fraction of sp³-hybridized carbons (Fsp3) is 0.692. The Labute approximate surface area is 109 Å². The number of thioether (sulfide) groups is 1. The van der Waals surface area contributed by atoms with Gasteiger partial charge in [-0.05, 0) is 18.6 Å². The van der Waals surface area contributed by atoms with E-state index in [-0.39, 0.29) is 0 Å². The molecule has 3 nitrogen and oxygen atoms in total. The van der Waals surface area contributed by atoms with E-state index in [4.69, 9.17) is 0 Å². The van der Waals surface area contributed by atoms with E-state index in [9.17, 15) is 0 Å². The van der Waals surface area contributed by atoms with Gasteiger partial charge in [0.1, 0.15) is 11.6 Å². The Morgan fingerprint density at radius 1 is 1.41 bits per heavy atom. The van der Waals surface area contributed by atoms with Gasteiger partial charge >= 0.3 is 0 Å². The van der Waals surface area contributed by atoms with Crippen molar-refractivity contribution < 1.29 is 0 Å². The molecule has 0 amide bonds. The Morgan fingerprint density at radius 2 is 2.18 bits per heavy atom. The van der Waals surface area contributed by atoms with E-state index in [1.54, 1.807) is 0 Å². The molecule has 0 fully saturated rings. The summed E-state index contributed by atoms with van der Waals surface area (Å²) in [5, 5.41) is 4.12. The first-order valence-corrected chi connectivity index (χ1v) is 7.36. The second-order valence-electron chi connectivity index (χ2n) is 4.39. The third kappa shape index (κ3) is 5.39. The molecule has 0 aliphatic heterocycles. The molecular weight excluding hydrogens is 230 g/mol. The van der Waals surface area contributed by atoms with Gasteiger partial charge in [-0.15, -0.1) is 0 Å². The van der Waals surface area contributed by atoms with Gasteiger partial charge in [-0.2, -0.15) is 11.8 Å². The van der Waals surface area contributed by atoms with Crippen LogP contribution in [0, 0.1) is 6.92 Å². The lowest BCUT2D eigenvalue weighted by molar-refractivity contribution is 0.888. The van der Waals surface area contributed by atoms with Crippen molar-refractivity contribution in [2.75, 3.05) is 17.6 Å². The summed E-state index contributed by atoms with van der Waals surface area (Å²) in [6.07, 6.45) is 4.12. The predicted octanol–water partition coefficient (Wildman–Crippen LogP) is 3.29. The summed E-state index contributed by atoms with van der Waals surface area (Å²) in [5.41, 5.74) is 1.23. The van der Waals surface area contributed by atoms with Crippen molar-refractivity contribution in [3.63, 3.8) is 0 Å². The van der Waals surface area contributed by atoms with Gasteiger partial charge in [0, 0.05) is 24.1 Å². The molecule has 0 aliphatic carbocycles. The van der Waals surface area contributed by atoms with Crippen molar-refractivity contribution in [2.24, 2.45) is 0 Å². The zero-order valence-electron chi connectivity index (χ0n) is 11.3. The van der Waals surface area contributed by atoms with Gasteiger partial charge in [0.25, 0.3) is 0 Å². The zero-order chi connectivity index (χ0) is 12.7. The van der Waals surface area contributed by atoms with Crippen LogP contribution in [0.2, 0.25) is 0 Å². The molecule has 96 valence electrons. The Kier molecular flexibility index (Phi) is 6.34. The summed E-state index contributed by atoms with van der Waals surface area (Å²) in [5.74, 6) is 2.97. The number of hydrogen-bond acceptors (Lipinski definition) is 4. The fourth-order valence-electron chi connectivity index (χ4n) is 1.56. The van der Waals surface area contributed by atoms with Crippen LogP contribution in [0.4, 0.5) is 5.82 Å². The molecule has 0 atom stereocenters. The van der Waals surface area contributed by atoms with Gasteiger partial charge < -0.3 is 5.32 Å². The molecule has 1 heterocycles. The summed E-state index contributed by atoms with van der Waals surface area (Å²) in [4.78, 5) is 8.74. The largest absolute Gasteiger partial charge is 0.369 e. The van der Waals surface area contributed by atoms with E-state index in [0.717, 1.165) is 36.8 Å². The first-order chi connectivity index (χ1) is 8.13. The van der Waals surface area contributed by atoms with E-state index < -0.39 is 0 Å². The number of hydrogen-bond donors (Lipinski definition) is 1. The van der Waals surface area contributed by atoms with Crippen molar-refractivity contribution in [2.45, 2.75) is 45.8 Å². The summed E-state index contributed by atoms with van der Waals surface area (Å²) in [6, 6.07) is 0. The van der Waals surface area contributed by atoms with Crippen LogP contribution in [0.1, 0.15) is 38.6 Å². The van der Waals surface area contributed by atoms with Gasteiger partial charge in [0.2, 0.25) is 0 Å². The Bertz CT molecular complexity index is 339. The Hall–Kier alpha value is -0.770. The molecule has 0 saturated carbocycles. The molecule has 1 aromatic rings. The molecule has 1 N–H and O–H groups in total. The second kappa shape index (κ2) is 7.54. The van der Waals surface area contributed by atoms with Crippen LogP contribution in [0.15, 0.2) is 6.20 Å². The van der Waals surface area contributed by atoms with E-state index in [2.05, 4.69) is 36.1 Å². The van der Waals surface area contributed by atoms with Crippen LogP contribution < -0.4 is 5.32 Å². The highest BCUT2D eigenvalue weighted by Gasteiger charge is 2.04. The van der Waals surface area contributed by atoms with Crippen LogP contribution in [0.5, 0.6) is 0 Å². The van der Waals surface area contributed by atoms with E-state index in [1.807, 2.05) is 24.9 Å². The summed E-state index contributed by atoms with van der Waals surface area (Å²) in [7, 11) is 0. The van der Waals surface area contributed by atoms with Crippen molar-refractivity contribution in [1.82, 2.24) is 9.97 Å². The van der Waals surface area contributed by atoms with Gasteiger partial charge in [0.15, 0.2) is 0 Å². The van der Waals surface area contributed by atoms with Crippen LogP contribution in [-0.4, -0.2) is 27.5 Å². The number of anilines is 1. The van der Waals surface area contributed by atoms with Gasteiger partial charge in [-0.1, -0.05) is 27.2 Å². The van der Waals surface area contributed by atoms with Crippen molar-refractivity contribution in [3.05, 3.63) is 17.6 Å². The lowest BCUT2D eigenvalue weighted by Crippen LogP contribution is -2.10. The van der Waals surface area contributed by atoms with Gasteiger partial charge in [-0.25, -0.2) is 9.97 Å². The van der Waals surface area contributed by atoms with Crippen LogP contribution >= 0.6 is 11.8 Å². The summed E-state index contributed by atoms with van der Waals surface area (Å²) < 4.78 is 0. The molecule has 1 rings (SSSR count). The monoisotopic (exact) mass is 253 g/mol. The minimum atomic E-state index is 0.694. The maximum atomic E-state index is 4.48. The first-order valence-electron chi connectivity index (χ1n) is 6.31.